The fourth-order valence-electron chi connectivity index (χ4n) is 5.32. The van der Waals surface area contributed by atoms with Gasteiger partial charge in [0.05, 0.1) is 4.90 Å². The van der Waals surface area contributed by atoms with Crippen molar-refractivity contribution < 1.29 is 17.6 Å². The van der Waals surface area contributed by atoms with Crippen LogP contribution in [-0.2, 0) is 10.0 Å². The molecule has 2 aromatic carbocycles. The molecule has 0 bridgehead atoms. The van der Waals surface area contributed by atoms with Gasteiger partial charge < -0.3 is 14.6 Å². The average molecular weight is 556 g/mol. The monoisotopic (exact) mass is 555 g/mol. The summed E-state index contributed by atoms with van der Waals surface area (Å²) in [6.45, 7) is 5.95. The number of sulfonamides is 1. The van der Waals surface area contributed by atoms with E-state index in [2.05, 4.69) is 17.1 Å². The van der Waals surface area contributed by atoms with Gasteiger partial charge >= 0.3 is 0 Å². The van der Waals surface area contributed by atoms with Crippen molar-refractivity contribution in [1.29, 1.82) is 0 Å². The van der Waals surface area contributed by atoms with Gasteiger partial charge in [0, 0.05) is 28.9 Å². The summed E-state index contributed by atoms with van der Waals surface area (Å²) in [4.78, 5) is 15.5. The van der Waals surface area contributed by atoms with Gasteiger partial charge in [0.1, 0.15) is 5.76 Å². The molecule has 3 aromatic rings. The van der Waals surface area contributed by atoms with Gasteiger partial charge in [-0.15, -0.1) is 0 Å². The molecule has 0 radical (unpaired) electrons. The Kier molecular flexibility index (Phi) is 8.23. The Morgan fingerprint density at radius 3 is 2.55 bits per heavy atom. The molecule has 202 valence electrons. The Morgan fingerprint density at radius 1 is 1.03 bits per heavy atom. The standard InChI is InChI=1S/C29H34ClN3O4S/c1-21-13-17-32(18-14-21)19-15-25-5-3-16-33(25)38(35,36)26-6-2-4-24(20-26)31-29(34)28-12-11-27(37-28)22-7-9-23(30)10-8-22/h2,4,6-12,20-21,25H,3,5,13-19H2,1H3,(H,31,34)/t25-/m1/s1. The van der Waals surface area contributed by atoms with Gasteiger partial charge in [-0.1, -0.05) is 24.6 Å². The summed E-state index contributed by atoms with van der Waals surface area (Å²) in [5.41, 5.74) is 1.20. The lowest BCUT2D eigenvalue weighted by Crippen LogP contribution is -2.40. The predicted molar refractivity (Wildman–Crippen MR) is 150 cm³/mol. The summed E-state index contributed by atoms with van der Waals surface area (Å²) < 4.78 is 34.6. The predicted octanol–water partition coefficient (Wildman–Crippen LogP) is 6.13. The number of carbonyl (C=O) groups is 1. The van der Waals surface area contributed by atoms with Crippen molar-refractivity contribution in [3.05, 3.63) is 71.4 Å². The molecule has 1 amide bonds. The summed E-state index contributed by atoms with van der Waals surface area (Å²) in [6.07, 6.45) is 5.02. The summed E-state index contributed by atoms with van der Waals surface area (Å²) >= 11 is 5.95. The second-order valence-electron chi connectivity index (χ2n) is 10.4. The number of hydrogen-bond acceptors (Lipinski definition) is 5. The van der Waals surface area contributed by atoms with Crippen LogP contribution >= 0.6 is 11.6 Å². The molecule has 7 nitrogen and oxygen atoms in total. The maximum atomic E-state index is 13.6. The zero-order chi connectivity index (χ0) is 26.7. The van der Waals surface area contributed by atoms with E-state index >= 15 is 0 Å². The number of nitrogens with zero attached hydrogens (tertiary/aromatic N) is 2. The van der Waals surface area contributed by atoms with E-state index in [1.807, 2.05) is 12.1 Å². The number of nitrogens with one attached hydrogen (secondary N) is 1. The molecular formula is C29H34ClN3O4S. The SMILES string of the molecule is CC1CCN(CC[C@H]2CCCN2S(=O)(=O)c2cccc(NC(=O)c3ccc(-c4ccc(Cl)cc4)o3)c2)CC1. The zero-order valence-electron chi connectivity index (χ0n) is 21.6. The normalized spacial score (nSPS) is 19.6. The fraction of sp³-hybridized carbons (Fsp3) is 0.414. The number of furan rings is 1. The average Bonchev–Trinajstić information content (AvgIpc) is 3.60. The van der Waals surface area contributed by atoms with Crippen molar-refractivity contribution in [2.75, 3.05) is 31.5 Å². The molecule has 2 aliphatic heterocycles. The highest BCUT2D eigenvalue weighted by Gasteiger charge is 2.35. The molecule has 0 saturated carbocycles. The van der Waals surface area contributed by atoms with Gasteiger partial charge in [0.15, 0.2) is 5.76 Å². The third-order valence-corrected chi connectivity index (χ3v) is 9.83. The largest absolute Gasteiger partial charge is 0.451 e. The van der Waals surface area contributed by atoms with E-state index in [-0.39, 0.29) is 16.7 Å². The number of piperidine rings is 1. The van der Waals surface area contributed by atoms with Crippen LogP contribution in [0, 0.1) is 5.92 Å². The molecule has 0 aliphatic carbocycles. The summed E-state index contributed by atoms with van der Waals surface area (Å²) in [6, 6.07) is 16.9. The molecule has 1 aromatic heterocycles. The summed E-state index contributed by atoms with van der Waals surface area (Å²) in [7, 11) is -3.68. The third kappa shape index (κ3) is 6.15. The summed E-state index contributed by atoms with van der Waals surface area (Å²) in [5, 5.41) is 3.39. The van der Waals surface area contributed by atoms with Crippen LogP contribution in [0.25, 0.3) is 11.3 Å². The van der Waals surface area contributed by atoms with Crippen molar-refractivity contribution in [2.45, 2.75) is 50.0 Å². The van der Waals surface area contributed by atoms with E-state index in [9.17, 15) is 13.2 Å². The lowest BCUT2D eigenvalue weighted by molar-refractivity contribution is 0.0997. The second-order valence-corrected chi connectivity index (χ2v) is 12.7. The van der Waals surface area contributed by atoms with Crippen LogP contribution in [0.5, 0.6) is 0 Å². The summed E-state index contributed by atoms with van der Waals surface area (Å²) in [5.74, 6) is 1.01. The van der Waals surface area contributed by atoms with Gasteiger partial charge in [0.25, 0.3) is 5.91 Å². The van der Waals surface area contributed by atoms with E-state index < -0.39 is 15.9 Å². The lowest BCUT2D eigenvalue weighted by Gasteiger charge is -2.32. The molecule has 2 saturated heterocycles. The maximum absolute atomic E-state index is 13.6. The molecule has 38 heavy (non-hydrogen) atoms. The fourth-order valence-corrected chi connectivity index (χ4v) is 7.22. The first kappa shape index (κ1) is 26.9. The molecule has 3 heterocycles. The number of benzene rings is 2. The highest BCUT2D eigenvalue weighted by molar-refractivity contribution is 7.89. The van der Waals surface area contributed by atoms with Gasteiger partial charge in [0.2, 0.25) is 10.0 Å². The van der Waals surface area contributed by atoms with E-state index in [4.69, 9.17) is 16.0 Å². The van der Waals surface area contributed by atoms with Gasteiger partial charge in [-0.2, -0.15) is 4.31 Å². The molecule has 1 atom stereocenters. The van der Waals surface area contributed by atoms with Crippen molar-refractivity contribution in [2.24, 2.45) is 5.92 Å². The number of rotatable bonds is 8. The van der Waals surface area contributed by atoms with Gasteiger partial charge in [-0.05, 0) is 112 Å². The maximum Gasteiger partial charge on any atom is 0.291 e. The highest BCUT2D eigenvalue weighted by atomic mass is 35.5. The van der Waals surface area contributed by atoms with E-state index in [0.717, 1.165) is 50.4 Å². The van der Waals surface area contributed by atoms with Crippen molar-refractivity contribution in [1.82, 2.24) is 9.21 Å². The Balaban J connectivity index is 1.24. The minimum atomic E-state index is -3.68. The van der Waals surface area contributed by atoms with Crippen molar-refractivity contribution in [3.63, 3.8) is 0 Å². The van der Waals surface area contributed by atoms with Crippen LogP contribution in [0.15, 0.2) is 70.0 Å². The Bertz CT molecular complexity index is 1360. The first-order valence-corrected chi connectivity index (χ1v) is 15.1. The third-order valence-electron chi connectivity index (χ3n) is 7.63. The number of carbonyl (C=O) groups excluding carboxylic acids is 1. The topological polar surface area (TPSA) is 82.9 Å². The Hall–Kier alpha value is -2.65. The molecular weight excluding hydrogens is 522 g/mol. The zero-order valence-corrected chi connectivity index (χ0v) is 23.2. The van der Waals surface area contributed by atoms with Crippen LogP contribution in [0.4, 0.5) is 5.69 Å². The Morgan fingerprint density at radius 2 is 1.79 bits per heavy atom. The van der Waals surface area contributed by atoms with Gasteiger partial charge in [-0.3, -0.25) is 4.79 Å². The molecule has 5 rings (SSSR count). The van der Waals surface area contributed by atoms with E-state index in [1.54, 1.807) is 46.8 Å². The van der Waals surface area contributed by atoms with Crippen molar-refractivity contribution in [3.8, 4) is 11.3 Å². The highest BCUT2D eigenvalue weighted by Crippen LogP contribution is 2.30. The molecule has 1 N–H and O–H groups in total. The van der Waals surface area contributed by atoms with E-state index in [1.165, 1.54) is 18.9 Å². The van der Waals surface area contributed by atoms with Crippen LogP contribution < -0.4 is 5.32 Å². The second kappa shape index (κ2) is 11.6. The number of likely N-dealkylation sites (tertiary alicyclic amines) is 1. The number of amides is 1. The molecule has 0 spiro atoms. The van der Waals surface area contributed by atoms with Crippen LogP contribution in [0.3, 0.4) is 0 Å². The van der Waals surface area contributed by atoms with Crippen LogP contribution in [0.1, 0.15) is 49.6 Å². The van der Waals surface area contributed by atoms with Gasteiger partial charge in [-0.25, -0.2) is 8.42 Å². The molecule has 2 aliphatic rings. The first-order valence-electron chi connectivity index (χ1n) is 13.3. The molecule has 2 fully saturated rings. The molecule has 0 unspecified atom stereocenters. The minimum absolute atomic E-state index is 0.00649. The number of anilines is 1. The minimum Gasteiger partial charge on any atom is -0.451 e. The lowest BCUT2D eigenvalue weighted by atomic mass is 9.99. The first-order chi connectivity index (χ1) is 18.3. The smallest absolute Gasteiger partial charge is 0.291 e. The van der Waals surface area contributed by atoms with Crippen LogP contribution in [0.2, 0.25) is 5.02 Å². The van der Waals surface area contributed by atoms with E-state index in [0.29, 0.717) is 23.0 Å². The Labute approximate surface area is 229 Å². The number of hydrogen-bond donors (Lipinski definition) is 1. The quantitative estimate of drug-likeness (QED) is 0.361. The van der Waals surface area contributed by atoms with Crippen molar-refractivity contribution >= 4 is 33.2 Å². The molecule has 9 heteroatoms. The van der Waals surface area contributed by atoms with Crippen LogP contribution in [-0.4, -0.2) is 55.8 Å². The number of halogens is 1.